The highest BCUT2D eigenvalue weighted by molar-refractivity contribution is 7.91. The number of nitrogens with one attached hydrogen (secondary N) is 1. The monoisotopic (exact) mass is 345 g/mol. The lowest BCUT2D eigenvalue weighted by Gasteiger charge is -2.43. The van der Waals surface area contributed by atoms with Crippen LogP contribution in [0.3, 0.4) is 0 Å². The first-order valence-corrected chi connectivity index (χ1v) is 9.60. The molecular formula is C14H23N3O3S2. The Morgan fingerprint density at radius 3 is 2.77 bits per heavy atom. The molecule has 2 unspecified atom stereocenters. The molecule has 1 fully saturated rings. The normalized spacial score (nSPS) is 23.3. The number of likely N-dealkylation sites (tertiary alicyclic amines) is 1. The number of carbonyl (C=O) groups is 1. The molecule has 2 heterocycles. The zero-order valence-corrected chi connectivity index (χ0v) is 14.7. The third-order valence-electron chi connectivity index (χ3n) is 4.09. The van der Waals surface area contributed by atoms with Gasteiger partial charge in [0.25, 0.3) is 10.0 Å². The number of hydrogen-bond donors (Lipinski definition) is 2. The van der Waals surface area contributed by atoms with E-state index in [-0.39, 0.29) is 21.6 Å². The molecule has 1 aromatic rings. The minimum Gasteiger partial charge on any atom is -0.341 e. The van der Waals surface area contributed by atoms with Crippen LogP contribution in [0, 0.1) is 5.41 Å². The van der Waals surface area contributed by atoms with E-state index in [4.69, 9.17) is 5.73 Å². The minimum absolute atomic E-state index is 0.0506. The first kappa shape index (κ1) is 17.4. The van der Waals surface area contributed by atoms with Gasteiger partial charge in [-0.1, -0.05) is 19.9 Å². The first-order valence-electron chi connectivity index (χ1n) is 7.24. The maximum atomic E-state index is 12.5. The quantitative estimate of drug-likeness (QED) is 0.851. The number of hydrogen-bond acceptors (Lipinski definition) is 5. The summed E-state index contributed by atoms with van der Waals surface area (Å²) in [6.07, 6.45) is 0.725. The van der Waals surface area contributed by atoms with E-state index in [1.807, 2.05) is 13.8 Å². The Morgan fingerprint density at radius 1 is 1.55 bits per heavy atom. The van der Waals surface area contributed by atoms with Crippen molar-refractivity contribution in [2.75, 3.05) is 13.1 Å². The van der Waals surface area contributed by atoms with Crippen molar-refractivity contribution >= 4 is 27.3 Å². The van der Waals surface area contributed by atoms with Gasteiger partial charge in [-0.25, -0.2) is 8.42 Å². The van der Waals surface area contributed by atoms with E-state index in [0.29, 0.717) is 13.1 Å². The van der Waals surface area contributed by atoms with Crippen LogP contribution in [0.5, 0.6) is 0 Å². The molecule has 124 valence electrons. The van der Waals surface area contributed by atoms with Gasteiger partial charge in [0.1, 0.15) is 4.21 Å². The zero-order valence-electron chi connectivity index (χ0n) is 13.1. The van der Waals surface area contributed by atoms with Gasteiger partial charge in [0.05, 0.1) is 6.04 Å². The van der Waals surface area contributed by atoms with E-state index in [0.717, 1.165) is 17.8 Å². The highest BCUT2D eigenvalue weighted by Gasteiger charge is 2.37. The summed E-state index contributed by atoms with van der Waals surface area (Å²) in [7, 11) is -3.64. The van der Waals surface area contributed by atoms with Crippen LogP contribution < -0.4 is 10.5 Å². The van der Waals surface area contributed by atoms with E-state index in [9.17, 15) is 13.2 Å². The standard InChI is InChI=1S/C14H23N3O3S2/c1-10(16-22(19,20)12-5-4-8-21-12)13(18)17-7-6-11(15)14(2,3)9-17/h4-5,8,10-11,16H,6-7,9,15H2,1-3H3. The molecule has 2 rings (SSSR count). The fourth-order valence-corrected chi connectivity index (χ4v) is 4.80. The van der Waals surface area contributed by atoms with Gasteiger partial charge in [0.15, 0.2) is 0 Å². The first-order chi connectivity index (χ1) is 10.1. The Morgan fingerprint density at radius 2 is 2.23 bits per heavy atom. The maximum Gasteiger partial charge on any atom is 0.250 e. The van der Waals surface area contributed by atoms with Crippen molar-refractivity contribution in [2.24, 2.45) is 11.1 Å². The van der Waals surface area contributed by atoms with Gasteiger partial charge in [-0.15, -0.1) is 11.3 Å². The molecule has 6 nitrogen and oxygen atoms in total. The van der Waals surface area contributed by atoms with Crippen LogP contribution >= 0.6 is 11.3 Å². The summed E-state index contributed by atoms with van der Waals surface area (Å²) in [4.78, 5) is 14.2. The molecule has 1 saturated heterocycles. The topological polar surface area (TPSA) is 92.5 Å². The van der Waals surface area contributed by atoms with E-state index < -0.39 is 16.1 Å². The van der Waals surface area contributed by atoms with E-state index in [2.05, 4.69) is 4.72 Å². The minimum atomic E-state index is -3.64. The van der Waals surface area contributed by atoms with Crippen LogP contribution in [0.4, 0.5) is 0 Å². The second kappa shape index (κ2) is 6.27. The van der Waals surface area contributed by atoms with Crippen LogP contribution in [-0.2, 0) is 14.8 Å². The predicted octanol–water partition coefficient (Wildman–Crippen LogP) is 1.00. The zero-order chi connectivity index (χ0) is 16.5. The Balaban J connectivity index is 2.04. The average Bonchev–Trinajstić information content (AvgIpc) is 2.95. The summed E-state index contributed by atoms with van der Waals surface area (Å²) in [5.41, 5.74) is 5.90. The Bertz CT molecular complexity index is 626. The third-order valence-corrected chi connectivity index (χ3v) is 7.02. The number of nitrogens with zero attached hydrogens (tertiary/aromatic N) is 1. The van der Waals surface area contributed by atoms with Gasteiger partial charge >= 0.3 is 0 Å². The SMILES string of the molecule is CC(NS(=O)(=O)c1cccs1)C(=O)N1CCC(N)C(C)(C)C1. The third kappa shape index (κ3) is 3.68. The number of carbonyl (C=O) groups excluding carboxylic acids is 1. The van der Waals surface area contributed by atoms with Crippen molar-refractivity contribution in [3.05, 3.63) is 17.5 Å². The van der Waals surface area contributed by atoms with E-state index >= 15 is 0 Å². The molecule has 1 aromatic heterocycles. The summed E-state index contributed by atoms with van der Waals surface area (Å²) in [6, 6.07) is 2.44. The maximum absolute atomic E-state index is 12.5. The number of sulfonamides is 1. The van der Waals surface area contributed by atoms with Crippen LogP contribution in [0.25, 0.3) is 0 Å². The number of nitrogens with two attached hydrogens (primary N) is 1. The highest BCUT2D eigenvalue weighted by atomic mass is 32.2. The van der Waals surface area contributed by atoms with Gasteiger partial charge in [-0.05, 0) is 30.2 Å². The largest absolute Gasteiger partial charge is 0.341 e. The van der Waals surface area contributed by atoms with Crippen molar-refractivity contribution < 1.29 is 13.2 Å². The average molecular weight is 345 g/mol. The van der Waals surface area contributed by atoms with Gasteiger partial charge in [0.2, 0.25) is 5.91 Å². The van der Waals surface area contributed by atoms with Crippen LogP contribution in [-0.4, -0.2) is 44.4 Å². The number of piperidine rings is 1. The predicted molar refractivity (Wildman–Crippen MR) is 87.1 cm³/mol. The lowest BCUT2D eigenvalue weighted by molar-refractivity contribution is -0.136. The molecule has 0 radical (unpaired) electrons. The fraction of sp³-hybridized carbons (Fsp3) is 0.643. The summed E-state index contributed by atoms with van der Waals surface area (Å²) in [5, 5.41) is 1.69. The molecule has 1 amide bonds. The molecule has 0 aromatic carbocycles. The van der Waals surface area contributed by atoms with Crippen LogP contribution in [0.2, 0.25) is 0 Å². The summed E-state index contributed by atoms with van der Waals surface area (Å²) < 4.78 is 27.0. The Hall–Kier alpha value is -0.960. The van der Waals surface area contributed by atoms with Crippen molar-refractivity contribution in [3.63, 3.8) is 0 Å². The summed E-state index contributed by atoms with van der Waals surface area (Å²) in [5.74, 6) is -0.208. The molecule has 1 aliphatic rings. The van der Waals surface area contributed by atoms with Gasteiger partial charge < -0.3 is 10.6 Å². The fourth-order valence-electron chi connectivity index (χ4n) is 2.59. The smallest absolute Gasteiger partial charge is 0.250 e. The lowest BCUT2D eigenvalue weighted by Crippen LogP contribution is -2.57. The lowest BCUT2D eigenvalue weighted by atomic mass is 9.79. The number of thiophene rings is 1. The number of amides is 1. The van der Waals surface area contributed by atoms with Crippen LogP contribution in [0.1, 0.15) is 27.2 Å². The van der Waals surface area contributed by atoms with Crippen molar-refractivity contribution in [1.29, 1.82) is 0 Å². The van der Waals surface area contributed by atoms with E-state index in [1.165, 1.54) is 6.07 Å². The number of rotatable bonds is 4. The van der Waals surface area contributed by atoms with Crippen molar-refractivity contribution in [1.82, 2.24) is 9.62 Å². The molecule has 8 heteroatoms. The molecule has 3 N–H and O–H groups in total. The summed E-state index contributed by atoms with van der Waals surface area (Å²) in [6.45, 7) is 6.73. The molecule has 22 heavy (non-hydrogen) atoms. The van der Waals surface area contributed by atoms with Gasteiger partial charge in [-0.3, -0.25) is 4.79 Å². The van der Waals surface area contributed by atoms with Crippen molar-refractivity contribution in [2.45, 2.75) is 43.5 Å². The molecule has 0 spiro atoms. The molecule has 0 bridgehead atoms. The molecule has 2 atom stereocenters. The Kier molecular flexibility index (Phi) is 4.96. The molecular weight excluding hydrogens is 322 g/mol. The second-order valence-electron chi connectivity index (χ2n) is 6.42. The van der Waals surface area contributed by atoms with Crippen LogP contribution in [0.15, 0.2) is 21.7 Å². The molecule has 0 saturated carbocycles. The highest BCUT2D eigenvalue weighted by Crippen LogP contribution is 2.28. The Labute approximate surface area is 135 Å². The second-order valence-corrected chi connectivity index (χ2v) is 9.31. The molecule has 1 aliphatic heterocycles. The summed E-state index contributed by atoms with van der Waals surface area (Å²) >= 11 is 1.13. The van der Waals surface area contributed by atoms with Gasteiger partial charge in [-0.2, -0.15) is 4.72 Å². The van der Waals surface area contributed by atoms with Gasteiger partial charge in [0, 0.05) is 19.1 Å². The molecule has 0 aliphatic carbocycles. The van der Waals surface area contributed by atoms with E-state index in [1.54, 1.807) is 23.3 Å². The van der Waals surface area contributed by atoms with Crippen molar-refractivity contribution in [3.8, 4) is 0 Å².